The van der Waals surface area contributed by atoms with Crippen molar-refractivity contribution in [3.8, 4) is 0 Å². The van der Waals surface area contributed by atoms with Crippen LogP contribution in [0.15, 0.2) is 47.5 Å². The maximum Gasteiger partial charge on any atom is 0.275 e. The highest BCUT2D eigenvalue weighted by Crippen LogP contribution is 2.25. The van der Waals surface area contributed by atoms with Crippen LogP contribution in [0.5, 0.6) is 0 Å². The van der Waals surface area contributed by atoms with Crippen LogP contribution in [0, 0.1) is 0 Å². The van der Waals surface area contributed by atoms with Crippen LogP contribution in [-0.2, 0) is 0 Å². The van der Waals surface area contributed by atoms with Gasteiger partial charge in [-0.3, -0.25) is 4.79 Å². The largest absolute Gasteiger partial charge is 0.321 e. The number of carbonyl (C=O) groups is 1. The first kappa shape index (κ1) is 13.9. The second kappa shape index (κ2) is 6.59. The zero-order valence-electron chi connectivity index (χ0n) is 10.4. The predicted octanol–water partition coefficient (Wildman–Crippen LogP) is 4.10. The van der Waals surface area contributed by atoms with Gasteiger partial charge in [-0.1, -0.05) is 36.7 Å². The first-order valence-electron chi connectivity index (χ1n) is 5.85. The Balaban J connectivity index is 2.23. The number of aromatic nitrogens is 1. The molecule has 0 fully saturated rings. The maximum atomic E-state index is 12.2. The minimum absolute atomic E-state index is 0.223. The van der Waals surface area contributed by atoms with Crippen molar-refractivity contribution in [3.05, 3.63) is 53.3 Å². The monoisotopic (exact) mass is 292 g/mol. The molecule has 0 aliphatic heterocycles. The minimum atomic E-state index is -0.223. The number of nitrogens with zero attached hydrogens (tertiary/aromatic N) is 1. The van der Waals surface area contributed by atoms with Gasteiger partial charge in [-0.05, 0) is 24.0 Å². The van der Waals surface area contributed by atoms with Crippen LogP contribution < -0.4 is 5.32 Å². The highest BCUT2D eigenvalue weighted by atomic mass is 35.5. The van der Waals surface area contributed by atoms with Crippen molar-refractivity contribution < 1.29 is 4.79 Å². The van der Waals surface area contributed by atoms with Crippen molar-refractivity contribution in [1.29, 1.82) is 0 Å². The summed E-state index contributed by atoms with van der Waals surface area (Å²) in [5.41, 5.74) is 1.15. The van der Waals surface area contributed by atoms with E-state index >= 15 is 0 Å². The molecule has 0 saturated heterocycles. The van der Waals surface area contributed by atoms with Crippen LogP contribution >= 0.6 is 23.4 Å². The first-order valence-corrected chi connectivity index (χ1v) is 7.22. The van der Waals surface area contributed by atoms with E-state index in [9.17, 15) is 4.79 Å². The van der Waals surface area contributed by atoms with Gasteiger partial charge in [-0.2, -0.15) is 0 Å². The fraction of sp³-hybridized carbons (Fsp3) is 0.143. The fourth-order valence-electron chi connectivity index (χ4n) is 1.57. The molecule has 1 amide bonds. The molecule has 5 heteroatoms. The van der Waals surface area contributed by atoms with Crippen molar-refractivity contribution in [2.45, 2.75) is 11.8 Å². The Labute approximate surface area is 121 Å². The number of pyridine rings is 1. The second-order valence-corrected chi connectivity index (χ2v) is 5.50. The Hall–Kier alpha value is -1.52. The van der Waals surface area contributed by atoms with Crippen LogP contribution in [0.4, 0.5) is 5.69 Å². The van der Waals surface area contributed by atoms with Crippen LogP contribution in [0.3, 0.4) is 0 Å². The second-order valence-electron chi connectivity index (χ2n) is 3.75. The third-order valence-electron chi connectivity index (χ3n) is 2.37. The summed E-state index contributed by atoms with van der Waals surface area (Å²) in [6.45, 7) is 2.02. The van der Waals surface area contributed by atoms with E-state index in [1.165, 1.54) is 6.20 Å². The molecule has 0 atom stereocenters. The smallest absolute Gasteiger partial charge is 0.275 e. The van der Waals surface area contributed by atoms with Crippen molar-refractivity contribution in [1.82, 2.24) is 4.98 Å². The highest BCUT2D eigenvalue weighted by molar-refractivity contribution is 7.99. The van der Waals surface area contributed by atoms with Gasteiger partial charge in [0.2, 0.25) is 0 Å². The average Bonchev–Trinajstić information content (AvgIpc) is 2.40. The van der Waals surface area contributed by atoms with Gasteiger partial charge >= 0.3 is 0 Å². The molecular weight excluding hydrogens is 280 g/mol. The van der Waals surface area contributed by atoms with Crippen molar-refractivity contribution >= 4 is 35.0 Å². The van der Waals surface area contributed by atoms with Crippen LogP contribution in [-0.4, -0.2) is 16.6 Å². The van der Waals surface area contributed by atoms with E-state index in [2.05, 4.69) is 10.3 Å². The van der Waals surface area contributed by atoms with Gasteiger partial charge in [0.1, 0.15) is 5.69 Å². The molecule has 0 radical (unpaired) electrons. The number of thioether (sulfide) groups is 1. The lowest BCUT2D eigenvalue weighted by molar-refractivity contribution is 0.101. The number of hydrogen-bond donors (Lipinski definition) is 1. The highest BCUT2D eigenvalue weighted by Gasteiger charge is 2.14. The number of rotatable bonds is 4. The Morgan fingerprint density at radius 1 is 1.37 bits per heavy atom. The summed E-state index contributed by atoms with van der Waals surface area (Å²) in [5.74, 6) is 0.631. The molecule has 0 spiro atoms. The minimum Gasteiger partial charge on any atom is -0.321 e. The molecule has 0 bridgehead atoms. The molecular formula is C14H13ClN2OS. The van der Waals surface area contributed by atoms with Gasteiger partial charge in [0.05, 0.1) is 5.02 Å². The third kappa shape index (κ3) is 3.72. The number of amides is 1. The number of anilines is 1. The Bertz CT molecular complexity index is 575. The van der Waals surface area contributed by atoms with Gasteiger partial charge in [-0.15, -0.1) is 11.8 Å². The molecule has 19 heavy (non-hydrogen) atoms. The molecule has 0 saturated carbocycles. The van der Waals surface area contributed by atoms with Crippen molar-refractivity contribution in [2.75, 3.05) is 11.1 Å². The zero-order chi connectivity index (χ0) is 13.7. The maximum absolute atomic E-state index is 12.2. The number of hydrogen-bond acceptors (Lipinski definition) is 3. The quantitative estimate of drug-likeness (QED) is 0.863. The molecule has 2 rings (SSSR count). The summed E-state index contributed by atoms with van der Waals surface area (Å²) in [4.78, 5) is 17.1. The molecule has 2 aromatic rings. The van der Waals surface area contributed by atoms with E-state index in [0.29, 0.717) is 10.7 Å². The van der Waals surface area contributed by atoms with Gasteiger partial charge < -0.3 is 5.32 Å². The summed E-state index contributed by atoms with van der Waals surface area (Å²) in [6, 6.07) is 11.1. The molecule has 1 aromatic carbocycles. The molecule has 1 aromatic heterocycles. The summed E-state index contributed by atoms with van der Waals surface area (Å²) in [7, 11) is 0. The molecule has 1 heterocycles. The van der Waals surface area contributed by atoms with Crippen LogP contribution in [0.25, 0.3) is 0 Å². The molecule has 0 unspecified atom stereocenters. The number of nitrogens with one attached hydrogen (secondary N) is 1. The number of benzene rings is 1. The van der Waals surface area contributed by atoms with E-state index in [1.807, 2.05) is 37.3 Å². The summed E-state index contributed by atoms with van der Waals surface area (Å²) in [6.07, 6.45) is 1.49. The summed E-state index contributed by atoms with van der Waals surface area (Å²) in [5, 5.41) is 3.35. The molecule has 0 aliphatic rings. The molecule has 0 aliphatic carbocycles. The lowest BCUT2D eigenvalue weighted by atomic mass is 10.3. The fourth-order valence-corrected chi connectivity index (χ4v) is 2.59. The lowest BCUT2D eigenvalue weighted by Crippen LogP contribution is -2.14. The van der Waals surface area contributed by atoms with Gasteiger partial charge in [0.25, 0.3) is 5.91 Å². The Kier molecular flexibility index (Phi) is 4.82. The Morgan fingerprint density at radius 3 is 2.79 bits per heavy atom. The van der Waals surface area contributed by atoms with E-state index in [0.717, 1.165) is 16.3 Å². The van der Waals surface area contributed by atoms with E-state index in [-0.39, 0.29) is 5.91 Å². The third-order valence-corrected chi connectivity index (χ3v) is 3.48. The standard InChI is InChI=1S/C14H13ClN2OS/c1-2-19-12-8-10(15)9-16-13(12)14(18)17-11-6-4-3-5-7-11/h3-9H,2H2,1H3,(H,17,18). The average molecular weight is 293 g/mol. The number of halogens is 1. The van der Waals surface area contributed by atoms with Gasteiger partial charge in [0.15, 0.2) is 0 Å². The van der Waals surface area contributed by atoms with Crippen LogP contribution in [0.2, 0.25) is 5.02 Å². The summed E-state index contributed by atoms with van der Waals surface area (Å²) < 4.78 is 0. The Morgan fingerprint density at radius 2 is 2.11 bits per heavy atom. The first-order chi connectivity index (χ1) is 9.20. The van der Waals surface area contributed by atoms with Crippen molar-refractivity contribution in [3.63, 3.8) is 0 Å². The molecule has 3 nitrogen and oxygen atoms in total. The lowest BCUT2D eigenvalue weighted by Gasteiger charge is -2.08. The molecule has 98 valence electrons. The zero-order valence-corrected chi connectivity index (χ0v) is 12.0. The summed E-state index contributed by atoms with van der Waals surface area (Å²) >= 11 is 7.46. The topological polar surface area (TPSA) is 42.0 Å². The normalized spacial score (nSPS) is 10.2. The van der Waals surface area contributed by atoms with E-state index in [4.69, 9.17) is 11.6 Å². The number of carbonyl (C=O) groups excluding carboxylic acids is 1. The predicted molar refractivity (Wildman–Crippen MR) is 80.0 cm³/mol. The van der Waals surface area contributed by atoms with Gasteiger partial charge in [0, 0.05) is 16.8 Å². The van der Waals surface area contributed by atoms with E-state index < -0.39 is 0 Å². The number of para-hydroxylation sites is 1. The molecule has 1 N–H and O–H groups in total. The van der Waals surface area contributed by atoms with E-state index in [1.54, 1.807) is 17.8 Å². The SMILES string of the molecule is CCSc1cc(Cl)cnc1C(=O)Nc1ccccc1. The van der Waals surface area contributed by atoms with Gasteiger partial charge in [-0.25, -0.2) is 4.98 Å². The van der Waals surface area contributed by atoms with Crippen LogP contribution in [0.1, 0.15) is 17.4 Å². The van der Waals surface area contributed by atoms with Crippen molar-refractivity contribution in [2.24, 2.45) is 0 Å².